The van der Waals surface area contributed by atoms with Crippen molar-refractivity contribution in [1.29, 1.82) is 0 Å². The molecule has 2 aromatic carbocycles. The number of nitrogens with zero attached hydrogens (tertiary/aromatic N) is 2. The molecule has 27 heavy (non-hydrogen) atoms. The second-order valence-corrected chi connectivity index (χ2v) is 5.77. The van der Waals surface area contributed by atoms with Crippen LogP contribution >= 0.6 is 0 Å². The van der Waals surface area contributed by atoms with Crippen LogP contribution in [0.1, 0.15) is 21.7 Å². The molecule has 0 spiro atoms. The van der Waals surface area contributed by atoms with Crippen molar-refractivity contribution < 1.29 is 22.7 Å². The molecule has 5 nitrogen and oxygen atoms in total. The maximum atomic E-state index is 13.3. The Labute approximate surface area is 153 Å². The van der Waals surface area contributed by atoms with Gasteiger partial charge in [0, 0.05) is 6.07 Å². The van der Waals surface area contributed by atoms with Crippen LogP contribution in [0.15, 0.2) is 48.5 Å². The van der Waals surface area contributed by atoms with Crippen molar-refractivity contribution in [1.82, 2.24) is 9.78 Å². The third-order valence-electron chi connectivity index (χ3n) is 3.93. The molecule has 0 aliphatic heterocycles. The van der Waals surface area contributed by atoms with E-state index in [-0.39, 0.29) is 5.69 Å². The zero-order valence-electron chi connectivity index (χ0n) is 14.5. The highest BCUT2D eigenvalue weighted by atomic mass is 19.3. The van der Waals surface area contributed by atoms with Gasteiger partial charge in [-0.2, -0.15) is 13.9 Å². The molecule has 1 N–H and O–H groups in total. The van der Waals surface area contributed by atoms with E-state index in [1.807, 2.05) is 30.3 Å². The number of nitrogens with one attached hydrogen (secondary N) is 1. The third-order valence-corrected chi connectivity index (χ3v) is 3.93. The first kappa shape index (κ1) is 18.5. The Morgan fingerprint density at radius 2 is 1.85 bits per heavy atom. The van der Waals surface area contributed by atoms with Crippen LogP contribution in [0.3, 0.4) is 0 Å². The van der Waals surface area contributed by atoms with E-state index < -0.39 is 24.1 Å². The average molecular weight is 375 g/mol. The van der Waals surface area contributed by atoms with Crippen molar-refractivity contribution in [3.05, 3.63) is 71.3 Å². The van der Waals surface area contributed by atoms with Crippen molar-refractivity contribution in [2.24, 2.45) is 0 Å². The lowest BCUT2D eigenvalue weighted by atomic mass is 10.1. The number of rotatable bonds is 5. The number of alkyl halides is 2. The Kier molecular flexibility index (Phi) is 5.16. The Bertz CT molecular complexity index is 972. The Hall–Kier alpha value is -3.29. The number of carbonyl (C=O) groups excluding carboxylic acids is 1. The number of anilines is 1. The second kappa shape index (κ2) is 7.53. The van der Waals surface area contributed by atoms with Gasteiger partial charge in [-0.25, -0.2) is 9.07 Å². The molecular weight excluding hydrogens is 359 g/mol. The van der Waals surface area contributed by atoms with E-state index in [0.717, 1.165) is 23.9 Å². The largest absolute Gasteiger partial charge is 0.432 e. The summed E-state index contributed by atoms with van der Waals surface area (Å²) in [4.78, 5) is 12.7. The van der Waals surface area contributed by atoms with Crippen molar-refractivity contribution in [2.75, 3.05) is 5.32 Å². The number of para-hydroxylation sites is 1. The predicted octanol–water partition coefficient (Wildman–Crippen LogP) is 4.48. The maximum Gasteiger partial charge on any atom is 0.387 e. The summed E-state index contributed by atoms with van der Waals surface area (Å²) < 4.78 is 44.3. The van der Waals surface area contributed by atoms with Crippen molar-refractivity contribution >= 4 is 11.6 Å². The van der Waals surface area contributed by atoms with Gasteiger partial charge in [0.2, 0.25) is 0 Å². The van der Waals surface area contributed by atoms with Gasteiger partial charge in [-0.05, 0) is 38.1 Å². The molecule has 0 fully saturated rings. The lowest BCUT2D eigenvalue weighted by Gasteiger charge is -2.12. The van der Waals surface area contributed by atoms with Gasteiger partial charge in [0.15, 0.2) is 5.75 Å². The molecule has 3 rings (SSSR count). The number of amides is 1. The third kappa shape index (κ3) is 3.94. The lowest BCUT2D eigenvalue weighted by Crippen LogP contribution is -2.16. The fourth-order valence-corrected chi connectivity index (χ4v) is 2.77. The highest BCUT2D eigenvalue weighted by molar-refractivity contribution is 6.06. The summed E-state index contributed by atoms with van der Waals surface area (Å²) in [6.45, 7) is 0.248. The van der Waals surface area contributed by atoms with E-state index in [1.165, 1.54) is 0 Å². The summed E-state index contributed by atoms with van der Waals surface area (Å²) in [5.74, 6) is -1.77. The standard InChI is InChI=1S/C19H16F3N3O2/c1-11-17(12(2)25(24-11)14-6-4-3-5-7-14)18(26)23-15-9-8-13(20)10-16(15)27-19(21)22/h3-10,19H,1-2H3,(H,23,26). The Morgan fingerprint density at radius 1 is 1.15 bits per heavy atom. The molecule has 0 saturated heterocycles. The highest BCUT2D eigenvalue weighted by Gasteiger charge is 2.21. The van der Waals surface area contributed by atoms with Crippen LogP contribution in [-0.4, -0.2) is 22.3 Å². The smallest absolute Gasteiger partial charge is 0.387 e. The number of benzene rings is 2. The molecule has 1 amide bonds. The van der Waals surface area contributed by atoms with E-state index in [2.05, 4.69) is 15.2 Å². The van der Waals surface area contributed by atoms with Crippen molar-refractivity contribution in [3.63, 3.8) is 0 Å². The first-order chi connectivity index (χ1) is 12.9. The molecule has 3 aromatic rings. The molecule has 0 aliphatic rings. The minimum absolute atomic E-state index is 0.0621. The molecule has 0 radical (unpaired) electrons. The summed E-state index contributed by atoms with van der Waals surface area (Å²) in [6.07, 6.45) is 0. The van der Waals surface area contributed by atoms with Crippen LogP contribution < -0.4 is 10.1 Å². The maximum absolute atomic E-state index is 13.3. The molecule has 1 heterocycles. The molecule has 0 unspecified atom stereocenters. The molecular formula is C19H16F3N3O2. The molecule has 0 atom stereocenters. The van der Waals surface area contributed by atoms with Gasteiger partial charge >= 0.3 is 6.61 Å². The van der Waals surface area contributed by atoms with E-state index >= 15 is 0 Å². The minimum Gasteiger partial charge on any atom is -0.432 e. The predicted molar refractivity (Wildman–Crippen MR) is 94.0 cm³/mol. The fraction of sp³-hybridized carbons (Fsp3) is 0.158. The van der Waals surface area contributed by atoms with Gasteiger partial charge < -0.3 is 10.1 Å². The molecule has 140 valence electrons. The normalized spacial score (nSPS) is 10.9. The summed E-state index contributed by atoms with van der Waals surface area (Å²) in [5, 5.41) is 6.86. The zero-order chi connectivity index (χ0) is 19.6. The molecule has 0 aliphatic carbocycles. The summed E-state index contributed by atoms with van der Waals surface area (Å²) in [6, 6.07) is 12.2. The number of aryl methyl sites for hydroxylation is 1. The van der Waals surface area contributed by atoms with Crippen LogP contribution in [0, 0.1) is 19.7 Å². The number of ether oxygens (including phenoxy) is 1. The molecule has 0 saturated carbocycles. The van der Waals surface area contributed by atoms with Gasteiger partial charge in [-0.15, -0.1) is 0 Å². The molecule has 0 bridgehead atoms. The number of hydrogen-bond acceptors (Lipinski definition) is 3. The van der Waals surface area contributed by atoms with E-state index in [9.17, 15) is 18.0 Å². The van der Waals surface area contributed by atoms with Gasteiger partial charge in [0.25, 0.3) is 5.91 Å². The first-order valence-electron chi connectivity index (χ1n) is 8.04. The number of aromatic nitrogens is 2. The van der Waals surface area contributed by atoms with Crippen LogP contribution in [0.4, 0.5) is 18.9 Å². The van der Waals surface area contributed by atoms with Gasteiger partial charge in [-0.1, -0.05) is 18.2 Å². The van der Waals surface area contributed by atoms with Crippen molar-refractivity contribution in [3.8, 4) is 11.4 Å². The van der Waals surface area contributed by atoms with E-state index in [0.29, 0.717) is 17.0 Å². The van der Waals surface area contributed by atoms with E-state index in [1.54, 1.807) is 18.5 Å². The summed E-state index contributed by atoms with van der Waals surface area (Å²) in [7, 11) is 0. The van der Waals surface area contributed by atoms with E-state index in [4.69, 9.17) is 0 Å². The van der Waals surface area contributed by atoms with Crippen LogP contribution in [0.2, 0.25) is 0 Å². The molecule has 1 aromatic heterocycles. The van der Waals surface area contributed by atoms with Gasteiger partial charge in [-0.3, -0.25) is 4.79 Å². The minimum atomic E-state index is -3.15. The average Bonchev–Trinajstić information content (AvgIpc) is 2.92. The molecule has 8 heteroatoms. The quantitative estimate of drug-likeness (QED) is 0.715. The van der Waals surface area contributed by atoms with Gasteiger partial charge in [0.1, 0.15) is 5.82 Å². The van der Waals surface area contributed by atoms with Crippen LogP contribution in [0.25, 0.3) is 5.69 Å². The Balaban J connectivity index is 1.93. The van der Waals surface area contributed by atoms with Crippen molar-refractivity contribution in [2.45, 2.75) is 20.5 Å². The zero-order valence-corrected chi connectivity index (χ0v) is 14.5. The SMILES string of the molecule is Cc1nn(-c2ccccc2)c(C)c1C(=O)Nc1ccc(F)cc1OC(F)F. The second-order valence-electron chi connectivity index (χ2n) is 5.77. The number of halogens is 3. The fourth-order valence-electron chi connectivity index (χ4n) is 2.77. The lowest BCUT2D eigenvalue weighted by molar-refractivity contribution is -0.0495. The first-order valence-corrected chi connectivity index (χ1v) is 8.04. The Morgan fingerprint density at radius 3 is 2.52 bits per heavy atom. The topological polar surface area (TPSA) is 56.2 Å². The summed E-state index contributed by atoms with van der Waals surface area (Å²) in [5.41, 5.74) is 2.06. The summed E-state index contributed by atoms with van der Waals surface area (Å²) >= 11 is 0. The highest BCUT2D eigenvalue weighted by Crippen LogP contribution is 2.28. The number of hydrogen-bond donors (Lipinski definition) is 1. The van der Waals surface area contributed by atoms with Crippen LogP contribution in [0.5, 0.6) is 5.75 Å². The monoisotopic (exact) mass is 375 g/mol. The van der Waals surface area contributed by atoms with Gasteiger partial charge in [0.05, 0.1) is 28.3 Å². The van der Waals surface area contributed by atoms with Crippen LogP contribution in [-0.2, 0) is 0 Å². The number of carbonyl (C=O) groups is 1.